The molecule has 0 amide bonds. The maximum atomic E-state index is 5.42. The lowest BCUT2D eigenvalue weighted by Gasteiger charge is -2.25. The Morgan fingerprint density at radius 1 is 1.06 bits per heavy atom. The van der Waals surface area contributed by atoms with Gasteiger partial charge in [0, 0.05) is 12.6 Å². The van der Waals surface area contributed by atoms with Crippen LogP contribution in [0.25, 0.3) is 0 Å². The summed E-state index contributed by atoms with van der Waals surface area (Å²) >= 11 is 5.42. The molecule has 0 bridgehead atoms. The van der Waals surface area contributed by atoms with Gasteiger partial charge in [-0.15, -0.1) is 0 Å². The molecule has 3 heteroatoms. The van der Waals surface area contributed by atoms with Crippen molar-refractivity contribution >= 4 is 17.3 Å². The predicted molar refractivity (Wildman–Crippen MR) is 75.0 cm³/mol. The van der Waals surface area contributed by atoms with Crippen molar-refractivity contribution in [1.82, 2.24) is 10.6 Å². The summed E-state index contributed by atoms with van der Waals surface area (Å²) in [6.45, 7) is 1.12. The Balaban J connectivity index is 1.38. The highest BCUT2D eigenvalue weighted by Crippen LogP contribution is 2.60. The van der Waals surface area contributed by atoms with Gasteiger partial charge in [-0.2, -0.15) is 0 Å². The third-order valence-electron chi connectivity index (χ3n) is 4.88. The summed E-state index contributed by atoms with van der Waals surface area (Å²) in [6, 6.07) is 0.639. The average molecular weight is 252 g/mol. The normalized spacial score (nSPS) is 27.5. The Labute approximate surface area is 110 Å². The minimum atomic E-state index is 0.639. The van der Waals surface area contributed by atoms with E-state index in [9.17, 15) is 0 Å². The van der Waals surface area contributed by atoms with Crippen LogP contribution in [0, 0.1) is 11.3 Å². The van der Waals surface area contributed by atoms with E-state index in [0.29, 0.717) is 11.5 Å². The highest BCUT2D eigenvalue weighted by molar-refractivity contribution is 7.80. The summed E-state index contributed by atoms with van der Waals surface area (Å²) in [5.41, 5.74) is 0.651. The van der Waals surface area contributed by atoms with E-state index < -0.39 is 0 Å². The van der Waals surface area contributed by atoms with Crippen LogP contribution < -0.4 is 10.6 Å². The number of hydrogen-bond donors (Lipinski definition) is 2. The molecule has 0 aromatic heterocycles. The SMILES string of the molecule is S=C(NCC1(C2CC2)CC1)NC1CCCCC1. The van der Waals surface area contributed by atoms with Crippen LogP contribution in [0.3, 0.4) is 0 Å². The first-order chi connectivity index (χ1) is 8.28. The molecular formula is C14H24N2S. The average Bonchev–Trinajstić information content (AvgIpc) is 3.20. The van der Waals surface area contributed by atoms with E-state index in [1.54, 1.807) is 0 Å². The van der Waals surface area contributed by atoms with E-state index in [4.69, 9.17) is 12.2 Å². The third kappa shape index (κ3) is 2.93. The van der Waals surface area contributed by atoms with Gasteiger partial charge < -0.3 is 10.6 Å². The van der Waals surface area contributed by atoms with Gasteiger partial charge in [0.2, 0.25) is 0 Å². The molecule has 0 unspecified atom stereocenters. The number of rotatable bonds is 4. The van der Waals surface area contributed by atoms with Gasteiger partial charge in [0.05, 0.1) is 0 Å². The molecule has 0 aliphatic heterocycles. The van der Waals surface area contributed by atoms with Crippen LogP contribution in [0.1, 0.15) is 57.8 Å². The highest BCUT2D eigenvalue weighted by atomic mass is 32.1. The molecule has 0 radical (unpaired) electrons. The van der Waals surface area contributed by atoms with E-state index >= 15 is 0 Å². The van der Waals surface area contributed by atoms with Crippen LogP contribution in [-0.2, 0) is 0 Å². The van der Waals surface area contributed by atoms with Gasteiger partial charge in [-0.05, 0) is 62.1 Å². The molecule has 0 aromatic carbocycles. The van der Waals surface area contributed by atoms with Crippen molar-refractivity contribution in [3.8, 4) is 0 Å². The van der Waals surface area contributed by atoms with Gasteiger partial charge in [0.15, 0.2) is 5.11 Å². The van der Waals surface area contributed by atoms with E-state index in [-0.39, 0.29) is 0 Å². The lowest BCUT2D eigenvalue weighted by Crippen LogP contribution is -2.44. The van der Waals surface area contributed by atoms with Gasteiger partial charge >= 0.3 is 0 Å². The number of hydrogen-bond acceptors (Lipinski definition) is 1. The molecule has 3 aliphatic rings. The summed E-state index contributed by atoms with van der Waals surface area (Å²) in [6.07, 6.45) is 12.5. The first-order valence-electron chi connectivity index (χ1n) is 7.33. The topological polar surface area (TPSA) is 24.1 Å². The smallest absolute Gasteiger partial charge is 0.166 e. The molecular weight excluding hydrogens is 228 g/mol. The molecule has 17 heavy (non-hydrogen) atoms. The Kier molecular flexibility index (Phi) is 3.29. The van der Waals surface area contributed by atoms with Crippen molar-refractivity contribution in [2.45, 2.75) is 63.8 Å². The van der Waals surface area contributed by atoms with Gasteiger partial charge in [0.1, 0.15) is 0 Å². The molecule has 0 aromatic rings. The minimum Gasteiger partial charge on any atom is -0.362 e. The number of nitrogens with one attached hydrogen (secondary N) is 2. The second kappa shape index (κ2) is 4.75. The molecule has 0 heterocycles. The maximum absolute atomic E-state index is 5.42. The van der Waals surface area contributed by atoms with E-state index in [0.717, 1.165) is 17.6 Å². The molecule has 2 nitrogen and oxygen atoms in total. The summed E-state index contributed by atoms with van der Waals surface area (Å²) in [4.78, 5) is 0. The maximum Gasteiger partial charge on any atom is 0.166 e. The van der Waals surface area contributed by atoms with Crippen LogP contribution in [0.4, 0.5) is 0 Å². The third-order valence-corrected chi connectivity index (χ3v) is 5.14. The van der Waals surface area contributed by atoms with Crippen molar-refractivity contribution in [3.05, 3.63) is 0 Å². The van der Waals surface area contributed by atoms with Gasteiger partial charge in [-0.1, -0.05) is 19.3 Å². The summed E-state index contributed by atoms with van der Waals surface area (Å²) in [7, 11) is 0. The Bertz CT molecular complexity index is 289. The first-order valence-corrected chi connectivity index (χ1v) is 7.74. The fourth-order valence-electron chi connectivity index (χ4n) is 3.33. The zero-order chi connectivity index (χ0) is 11.7. The summed E-state index contributed by atoms with van der Waals surface area (Å²) in [5.74, 6) is 1.02. The molecule has 96 valence electrons. The van der Waals surface area contributed by atoms with Crippen molar-refractivity contribution in [2.24, 2.45) is 11.3 Å². The monoisotopic (exact) mass is 252 g/mol. The van der Waals surface area contributed by atoms with Crippen molar-refractivity contribution in [2.75, 3.05) is 6.54 Å². The van der Waals surface area contributed by atoms with E-state index in [1.165, 1.54) is 57.8 Å². The Morgan fingerprint density at radius 3 is 2.35 bits per heavy atom. The Morgan fingerprint density at radius 2 is 1.76 bits per heavy atom. The fraction of sp³-hybridized carbons (Fsp3) is 0.929. The second-order valence-electron chi connectivity index (χ2n) is 6.30. The Hall–Kier alpha value is -0.310. The molecule has 3 saturated carbocycles. The molecule has 0 spiro atoms. The van der Waals surface area contributed by atoms with Crippen LogP contribution in [0.2, 0.25) is 0 Å². The molecule has 2 N–H and O–H groups in total. The lowest BCUT2D eigenvalue weighted by atomic mass is 9.96. The van der Waals surface area contributed by atoms with E-state index in [1.807, 2.05) is 0 Å². The van der Waals surface area contributed by atoms with Gasteiger partial charge in [-0.3, -0.25) is 0 Å². The molecule has 3 fully saturated rings. The van der Waals surface area contributed by atoms with Crippen molar-refractivity contribution in [3.63, 3.8) is 0 Å². The molecule has 0 saturated heterocycles. The quantitative estimate of drug-likeness (QED) is 0.752. The largest absolute Gasteiger partial charge is 0.362 e. The molecule has 0 atom stereocenters. The molecule has 3 rings (SSSR count). The lowest BCUT2D eigenvalue weighted by molar-refractivity contribution is 0.403. The minimum absolute atomic E-state index is 0.639. The van der Waals surface area contributed by atoms with Crippen LogP contribution in [-0.4, -0.2) is 17.7 Å². The second-order valence-corrected chi connectivity index (χ2v) is 6.71. The zero-order valence-corrected chi connectivity index (χ0v) is 11.5. The molecule has 3 aliphatic carbocycles. The number of thiocarbonyl (C=S) groups is 1. The first kappa shape index (κ1) is 11.8. The van der Waals surface area contributed by atoms with Gasteiger partial charge in [-0.25, -0.2) is 0 Å². The standard InChI is InChI=1S/C14H24N2S/c17-13(16-12-4-2-1-3-5-12)15-10-14(8-9-14)11-6-7-11/h11-12H,1-10H2,(H2,15,16,17). The van der Waals surface area contributed by atoms with Crippen LogP contribution in [0.5, 0.6) is 0 Å². The predicted octanol–water partition coefficient (Wildman–Crippen LogP) is 2.97. The summed E-state index contributed by atoms with van der Waals surface area (Å²) in [5, 5.41) is 7.88. The van der Waals surface area contributed by atoms with Crippen LogP contribution in [0.15, 0.2) is 0 Å². The van der Waals surface area contributed by atoms with E-state index in [2.05, 4.69) is 10.6 Å². The van der Waals surface area contributed by atoms with Crippen molar-refractivity contribution in [1.29, 1.82) is 0 Å². The van der Waals surface area contributed by atoms with Gasteiger partial charge in [0.25, 0.3) is 0 Å². The highest BCUT2D eigenvalue weighted by Gasteiger charge is 2.53. The summed E-state index contributed by atoms with van der Waals surface area (Å²) < 4.78 is 0. The zero-order valence-electron chi connectivity index (χ0n) is 10.6. The van der Waals surface area contributed by atoms with Crippen molar-refractivity contribution < 1.29 is 0 Å². The van der Waals surface area contributed by atoms with Crippen LogP contribution >= 0.6 is 12.2 Å². The fourth-order valence-corrected chi connectivity index (χ4v) is 3.56.